The molecule has 0 saturated carbocycles. The van der Waals surface area contributed by atoms with Crippen molar-refractivity contribution in [1.29, 1.82) is 0 Å². The van der Waals surface area contributed by atoms with E-state index in [1.165, 1.54) is 17.3 Å². The topological polar surface area (TPSA) is 98.6 Å². The molecule has 0 spiro atoms. The molecule has 1 aliphatic heterocycles. The quantitative estimate of drug-likeness (QED) is 0.303. The summed E-state index contributed by atoms with van der Waals surface area (Å²) in [5, 5.41) is 12.0. The minimum atomic E-state index is -0.206. The van der Waals surface area contributed by atoms with E-state index in [-0.39, 0.29) is 24.2 Å². The first-order valence-corrected chi connectivity index (χ1v) is 13.2. The van der Waals surface area contributed by atoms with E-state index in [1.54, 1.807) is 35.2 Å². The summed E-state index contributed by atoms with van der Waals surface area (Å²) in [7, 11) is 0. The monoisotopic (exact) mass is 521 g/mol. The molecule has 0 radical (unpaired) electrons. The smallest absolute Gasteiger partial charge is 0.254 e. The first-order valence-electron chi connectivity index (χ1n) is 12.2. The molecule has 1 saturated heterocycles. The SMILES string of the molecule is C=CCn1c(COc2ccc(CC)cc2)nnc1SCC(=O)Nc1cccc(C(=O)N2CCOCC2)c1. The molecule has 2 aromatic carbocycles. The molecule has 1 N–H and O–H groups in total. The molecule has 1 aromatic heterocycles. The van der Waals surface area contributed by atoms with Crippen LogP contribution in [0.2, 0.25) is 0 Å². The van der Waals surface area contributed by atoms with Gasteiger partial charge in [0.2, 0.25) is 5.91 Å². The van der Waals surface area contributed by atoms with Gasteiger partial charge in [0.05, 0.1) is 19.0 Å². The lowest BCUT2D eigenvalue weighted by Crippen LogP contribution is -2.40. The fraction of sp³-hybridized carbons (Fsp3) is 0.333. The zero-order chi connectivity index (χ0) is 26.0. The Morgan fingerprint density at radius 1 is 1.16 bits per heavy atom. The number of hydrogen-bond donors (Lipinski definition) is 1. The van der Waals surface area contributed by atoms with Gasteiger partial charge in [-0.25, -0.2) is 0 Å². The summed E-state index contributed by atoms with van der Waals surface area (Å²) in [6.45, 7) is 8.88. The number of ether oxygens (including phenoxy) is 2. The van der Waals surface area contributed by atoms with Crippen molar-refractivity contribution in [2.45, 2.75) is 31.7 Å². The van der Waals surface area contributed by atoms with Gasteiger partial charge in [-0.2, -0.15) is 0 Å². The molecule has 10 heteroatoms. The second-order valence-corrected chi connectivity index (χ2v) is 9.35. The molecule has 9 nitrogen and oxygen atoms in total. The summed E-state index contributed by atoms with van der Waals surface area (Å²) in [5.41, 5.74) is 2.35. The Kier molecular flexibility index (Phi) is 9.34. The van der Waals surface area contributed by atoms with Crippen LogP contribution >= 0.6 is 11.8 Å². The normalized spacial score (nSPS) is 13.3. The van der Waals surface area contributed by atoms with E-state index in [4.69, 9.17) is 9.47 Å². The minimum Gasteiger partial charge on any atom is -0.486 e. The van der Waals surface area contributed by atoms with E-state index in [1.807, 2.05) is 28.8 Å². The Morgan fingerprint density at radius 2 is 1.95 bits per heavy atom. The van der Waals surface area contributed by atoms with Crippen LogP contribution in [-0.2, 0) is 29.1 Å². The maximum atomic E-state index is 12.7. The summed E-state index contributed by atoms with van der Waals surface area (Å²) < 4.78 is 13.1. The van der Waals surface area contributed by atoms with Crippen LogP contribution in [0.25, 0.3) is 0 Å². The lowest BCUT2D eigenvalue weighted by atomic mass is 10.1. The molecule has 4 rings (SSSR count). The van der Waals surface area contributed by atoms with Gasteiger partial charge < -0.3 is 19.7 Å². The molecule has 0 unspecified atom stereocenters. The van der Waals surface area contributed by atoms with Crippen molar-refractivity contribution < 1.29 is 19.1 Å². The highest BCUT2D eigenvalue weighted by atomic mass is 32.2. The lowest BCUT2D eigenvalue weighted by Gasteiger charge is -2.27. The van der Waals surface area contributed by atoms with Gasteiger partial charge in [0.1, 0.15) is 12.4 Å². The van der Waals surface area contributed by atoms with Crippen molar-refractivity contribution in [3.8, 4) is 5.75 Å². The van der Waals surface area contributed by atoms with Crippen LogP contribution in [-0.4, -0.2) is 63.5 Å². The summed E-state index contributed by atoms with van der Waals surface area (Å²) >= 11 is 1.28. The van der Waals surface area contributed by atoms with Crippen LogP contribution < -0.4 is 10.1 Å². The summed E-state index contributed by atoms with van der Waals surface area (Å²) in [5.74, 6) is 1.27. The number of aryl methyl sites for hydroxylation is 1. The second kappa shape index (κ2) is 13.1. The maximum absolute atomic E-state index is 12.7. The van der Waals surface area contributed by atoms with Crippen molar-refractivity contribution in [1.82, 2.24) is 19.7 Å². The van der Waals surface area contributed by atoms with E-state index in [0.717, 1.165) is 12.2 Å². The average Bonchev–Trinajstić information content (AvgIpc) is 3.32. The van der Waals surface area contributed by atoms with Crippen LogP contribution in [0.5, 0.6) is 5.75 Å². The van der Waals surface area contributed by atoms with Gasteiger partial charge in [0.25, 0.3) is 5.91 Å². The number of anilines is 1. The highest BCUT2D eigenvalue weighted by Gasteiger charge is 2.19. The summed E-state index contributed by atoms with van der Waals surface area (Å²) in [6, 6.07) is 14.9. The number of thioether (sulfide) groups is 1. The molecule has 1 fully saturated rings. The number of benzene rings is 2. The van der Waals surface area contributed by atoms with Gasteiger partial charge in [-0.1, -0.05) is 43.0 Å². The fourth-order valence-electron chi connectivity index (χ4n) is 3.82. The van der Waals surface area contributed by atoms with Gasteiger partial charge in [0, 0.05) is 30.9 Å². The number of hydrogen-bond acceptors (Lipinski definition) is 7. The first kappa shape index (κ1) is 26.4. The number of rotatable bonds is 11. The number of nitrogens with one attached hydrogen (secondary N) is 1. The number of amides is 2. The molecule has 194 valence electrons. The van der Waals surface area contributed by atoms with E-state index in [9.17, 15) is 9.59 Å². The zero-order valence-corrected chi connectivity index (χ0v) is 21.7. The standard InChI is InChI=1S/C27H31N5O4S/c1-3-12-32-24(18-36-23-10-8-20(4-2)9-11-23)29-30-27(32)37-19-25(33)28-22-7-5-6-21(17-22)26(34)31-13-15-35-16-14-31/h3,5-11,17H,1,4,12-16,18-19H2,2H3,(H,28,33). The van der Waals surface area contributed by atoms with Gasteiger partial charge in [-0.3, -0.25) is 14.2 Å². The minimum absolute atomic E-state index is 0.0673. The molecule has 3 aromatic rings. The number of morpholine rings is 1. The van der Waals surface area contributed by atoms with Crippen molar-refractivity contribution in [2.75, 3.05) is 37.4 Å². The van der Waals surface area contributed by atoms with Crippen LogP contribution in [0, 0.1) is 0 Å². The van der Waals surface area contributed by atoms with Gasteiger partial charge in [-0.05, 0) is 42.3 Å². The van der Waals surface area contributed by atoms with Gasteiger partial charge in [-0.15, -0.1) is 16.8 Å². The van der Waals surface area contributed by atoms with Crippen molar-refractivity contribution >= 4 is 29.3 Å². The number of carbonyl (C=O) groups is 2. The van der Waals surface area contributed by atoms with E-state index >= 15 is 0 Å². The molecule has 2 heterocycles. The highest BCUT2D eigenvalue weighted by molar-refractivity contribution is 7.99. The Hall–Kier alpha value is -3.63. The second-order valence-electron chi connectivity index (χ2n) is 8.41. The predicted octanol–water partition coefficient (Wildman–Crippen LogP) is 3.81. The lowest BCUT2D eigenvalue weighted by molar-refractivity contribution is -0.113. The highest BCUT2D eigenvalue weighted by Crippen LogP contribution is 2.20. The van der Waals surface area contributed by atoms with Crippen molar-refractivity contribution in [3.63, 3.8) is 0 Å². The fourth-order valence-corrected chi connectivity index (χ4v) is 4.59. The van der Waals surface area contributed by atoms with E-state index < -0.39 is 0 Å². The molecular formula is C27H31N5O4S. The van der Waals surface area contributed by atoms with Crippen molar-refractivity contribution in [3.05, 3.63) is 78.1 Å². The van der Waals surface area contributed by atoms with E-state index in [0.29, 0.717) is 55.1 Å². The first-order chi connectivity index (χ1) is 18.1. The number of nitrogens with zero attached hydrogens (tertiary/aromatic N) is 4. The predicted molar refractivity (Wildman–Crippen MR) is 143 cm³/mol. The summed E-state index contributed by atoms with van der Waals surface area (Å²) in [6.07, 6.45) is 2.73. The number of allylic oxidation sites excluding steroid dienone is 1. The van der Waals surface area contributed by atoms with Gasteiger partial charge in [0.15, 0.2) is 11.0 Å². The number of carbonyl (C=O) groups excluding carboxylic acids is 2. The third-order valence-electron chi connectivity index (χ3n) is 5.83. The van der Waals surface area contributed by atoms with Crippen LogP contribution in [0.4, 0.5) is 5.69 Å². The molecule has 0 bridgehead atoms. The molecule has 0 aliphatic carbocycles. The zero-order valence-electron chi connectivity index (χ0n) is 20.9. The molecule has 0 atom stereocenters. The molecule has 2 amide bonds. The van der Waals surface area contributed by atoms with Crippen LogP contribution in [0.15, 0.2) is 66.3 Å². The molecule has 1 aliphatic rings. The van der Waals surface area contributed by atoms with Crippen LogP contribution in [0.1, 0.15) is 28.7 Å². The average molecular weight is 522 g/mol. The molecular weight excluding hydrogens is 490 g/mol. The third-order valence-corrected chi connectivity index (χ3v) is 6.80. The Morgan fingerprint density at radius 3 is 2.68 bits per heavy atom. The molecule has 37 heavy (non-hydrogen) atoms. The van der Waals surface area contributed by atoms with Crippen LogP contribution in [0.3, 0.4) is 0 Å². The Bertz CT molecular complexity index is 1220. The Balaban J connectivity index is 1.33. The van der Waals surface area contributed by atoms with Crippen molar-refractivity contribution in [2.24, 2.45) is 0 Å². The third kappa shape index (κ3) is 7.21. The largest absolute Gasteiger partial charge is 0.486 e. The summed E-state index contributed by atoms with van der Waals surface area (Å²) in [4.78, 5) is 27.2. The maximum Gasteiger partial charge on any atom is 0.254 e. The van der Waals surface area contributed by atoms with Gasteiger partial charge >= 0.3 is 0 Å². The van der Waals surface area contributed by atoms with E-state index in [2.05, 4.69) is 29.0 Å². The Labute approximate surface area is 220 Å². The number of aromatic nitrogens is 3.